The third-order valence-corrected chi connectivity index (χ3v) is 3.25. The maximum atomic E-state index is 5.92. The van der Waals surface area contributed by atoms with E-state index in [0.717, 1.165) is 19.6 Å². The van der Waals surface area contributed by atoms with Crippen molar-refractivity contribution in [1.82, 2.24) is 10.1 Å². The minimum atomic E-state index is -0.322. The van der Waals surface area contributed by atoms with Crippen molar-refractivity contribution in [3.05, 3.63) is 11.7 Å². The molecular weight excluding hydrogens is 234 g/mol. The lowest BCUT2D eigenvalue weighted by molar-refractivity contribution is 0.0392. The minimum absolute atomic E-state index is 0.277. The fourth-order valence-corrected chi connectivity index (χ4v) is 2.11. The first kappa shape index (κ1) is 13.5. The van der Waals surface area contributed by atoms with E-state index in [1.807, 2.05) is 6.92 Å². The summed E-state index contributed by atoms with van der Waals surface area (Å²) in [7, 11) is 0. The number of nitrogens with zero attached hydrogens (tertiary/aromatic N) is 2. The molecule has 0 aromatic carbocycles. The highest BCUT2D eigenvalue weighted by molar-refractivity contribution is 5.00. The zero-order chi connectivity index (χ0) is 13.0. The lowest BCUT2D eigenvalue weighted by Gasteiger charge is -2.25. The van der Waals surface area contributed by atoms with Gasteiger partial charge >= 0.3 is 0 Å². The summed E-state index contributed by atoms with van der Waals surface area (Å²) >= 11 is 0. The van der Waals surface area contributed by atoms with E-state index < -0.39 is 0 Å². The molecule has 0 aliphatic carbocycles. The van der Waals surface area contributed by atoms with E-state index >= 15 is 0 Å². The number of ether oxygens (including phenoxy) is 2. The van der Waals surface area contributed by atoms with Crippen LogP contribution >= 0.6 is 0 Å². The van der Waals surface area contributed by atoms with Crippen LogP contribution in [0.15, 0.2) is 4.52 Å². The molecule has 0 saturated carbocycles. The van der Waals surface area contributed by atoms with Crippen molar-refractivity contribution in [3.8, 4) is 0 Å². The monoisotopic (exact) mass is 255 g/mol. The van der Waals surface area contributed by atoms with E-state index in [1.54, 1.807) is 0 Å². The summed E-state index contributed by atoms with van der Waals surface area (Å²) in [4.78, 5) is 4.40. The Balaban J connectivity index is 2.00. The van der Waals surface area contributed by atoms with Crippen LogP contribution in [0.5, 0.6) is 0 Å². The number of aromatic nitrogens is 2. The van der Waals surface area contributed by atoms with Gasteiger partial charge in [0.15, 0.2) is 5.82 Å². The molecule has 1 saturated heterocycles. The van der Waals surface area contributed by atoms with Gasteiger partial charge in [-0.05, 0) is 19.3 Å². The lowest BCUT2D eigenvalue weighted by atomic mass is 9.90. The Bertz CT molecular complexity index is 369. The van der Waals surface area contributed by atoms with Crippen LogP contribution in [0.4, 0.5) is 0 Å². The molecule has 6 nitrogen and oxygen atoms in total. The van der Waals surface area contributed by atoms with Gasteiger partial charge in [-0.25, -0.2) is 0 Å². The fraction of sp³-hybridized carbons (Fsp3) is 0.833. The zero-order valence-corrected chi connectivity index (χ0v) is 11.0. The second kappa shape index (κ2) is 6.26. The first-order chi connectivity index (χ1) is 8.72. The van der Waals surface area contributed by atoms with Crippen molar-refractivity contribution in [2.75, 3.05) is 26.4 Å². The van der Waals surface area contributed by atoms with Crippen LogP contribution in [0.3, 0.4) is 0 Å². The summed E-state index contributed by atoms with van der Waals surface area (Å²) in [5, 5.41) is 3.95. The van der Waals surface area contributed by atoms with Crippen LogP contribution < -0.4 is 5.73 Å². The first-order valence-corrected chi connectivity index (χ1v) is 6.47. The smallest absolute Gasteiger partial charge is 0.230 e. The van der Waals surface area contributed by atoms with Crippen LogP contribution in [-0.2, 0) is 9.47 Å². The molecule has 0 spiro atoms. The highest BCUT2D eigenvalue weighted by Crippen LogP contribution is 2.30. The van der Waals surface area contributed by atoms with E-state index in [4.69, 9.17) is 19.7 Å². The Morgan fingerprint density at radius 1 is 1.56 bits per heavy atom. The van der Waals surface area contributed by atoms with Gasteiger partial charge in [-0.3, -0.25) is 0 Å². The van der Waals surface area contributed by atoms with E-state index in [0.29, 0.717) is 30.8 Å². The summed E-state index contributed by atoms with van der Waals surface area (Å²) < 4.78 is 16.0. The van der Waals surface area contributed by atoms with Gasteiger partial charge in [0.1, 0.15) is 0 Å². The van der Waals surface area contributed by atoms with Crippen molar-refractivity contribution in [3.63, 3.8) is 0 Å². The molecular formula is C12H21N3O3. The Kier molecular flexibility index (Phi) is 4.68. The molecule has 1 aromatic heterocycles. The quantitative estimate of drug-likeness (QED) is 0.852. The standard InChI is InChI=1S/C12H21N3O3/c1-3-16-7-10(13)11-14-12(18-15-11)9-4-5-17-6-8(9)2/h8-10H,3-7,13H2,1-2H3. The predicted octanol–water partition coefficient (Wildman–Crippen LogP) is 1.25. The fourth-order valence-electron chi connectivity index (χ4n) is 2.11. The van der Waals surface area contributed by atoms with Crippen LogP contribution in [0, 0.1) is 5.92 Å². The predicted molar refractivity (Wildman–Crippen MR) is 65.1 cm³/mol. The summed E-state index contributed by atoms with van der Waals surface area (Å²) in [6.45, 7) is 6.60. The summed E-state index contributed by atoms with van der Waals surface area (Å²) in [5.74, 6) is 1.87. The summed E-state index contributed by atoms with van der Waals surface area (Å²) in [6, 6.07) is -0.322. The Labute approximate surface area is 107 Å². The van der Waals surface area contributed by atoms with Gasteiger partial charge in [0.05, 0.1) is 12.6 Å². The van der Waals surface area contributed by atoms with E-state index in [2.05, 4.69) is 17.1 Å². The molecule has 1 aliphatic heterocycles. The average Bonchev–Trinajstić information content (AvgIpc) is 2.86. The zero-order valence-electron chi connectivity index (χ0n) is 11.0. The third-order valence-electron chi connectivity index (χ3n) is 3.25. The van der Waals surface area contributed by atoms with E-state index in [9.17, 15) is 0 Å². The van der Waals surface area contributed by atoms with Gasteiger partial charge < -0.3 is 19.7 Å². The molecule has 1 aliphatic rings. The van der Waals surface area contributed by atoms with Gasteiger partial charge in [-0.1, -0.05) is 12.1 Å². The number of rotatable bonds is 5. The van der Waals surface area contributed by atoms with E-state index in [1.165, 1.54) is 0 Å². The molecule has 0 radical (unpaired) electrons. The van der Waals surface area contributed by atoms with Crippen LogP contribution in [0.25, 0.3) is 0 Å². The SMILES string of the molecule is CCOCC(N)c1noc(C2CCOCC2C)n1. The van der Waals surface area contributed by atoms with Crippen LogP contribution in [0.2, 0.25) is 0 Å². The van der Waals surface area contributed by atoms with Crippen molar-refractivity contribution in [1.29, 1.82) is 0 Å². The topological polar surface area (TPSA) is 83.4 Å². The first-order valence-electron chi connectivity index (χ1n) is 6.47. The Morgan fingerprint density at radius 2 is 2.39 bits per heavy atom. The molecule has 102 valence electrons. The summed E-state index contributed by atoms with van der Waals surface area (Å²) in [5.41, 5.74) is 5.92. The molecule has 6 heteroatoms. The maximum Gasteiger partial charge on any atom is 0.230 e. The van der Waals surface area contributed by atoms with Crippen LogP contribution in [-0.4, -0.2) is 36.6 Å². The molecule has 1 fully saturated rings. The number of hydrogen-bond donors (Lipinski definition) is 1. The van der Waals surface area contributed by atoms with Crippen molar-refractivity contribution in [2.24, 2.45) is 11.7 Å². The van der Waals surface area contributed by atoms with Gasteiger partial charge in [0, 0.05) is 25.7 Å². The molecule has 3 unspecified atom stereocenters. The molecule has 0 amide bonds. The molecule has 2 heterocycles. The highest BCUT2D eigenvalue weighted by Gasteiger charge is 2.29. The van der Waals surface area contributed by atoms with Gasteiger partial charge in [-0.15, -0.1) is 0 Å². The molecule has 2 N–H and O–H groups in total. The third kappa shape index (κ3) is 3.07. The Hall–Kier alpha value is -0.980. The van der Waals surface area contributed by atoms with Crippen LogP contribution in [0.1, 0.15) is 43.9 Å². The molecule has 18 heavy (non-hydrogen) atoms. The van der Waals surface area contributed by atoms with Gasteiger partial charge in [0.25, 0.3) is 0 Å². The number of hydrogen-bond acceptors (Lipinski definition) is 6. The van der Waals surface area contributed by atoms with Gasteiger partial charge in [-0.2, -0.15) is 4.98 Å². The van der Waals surface area contributed by atoms with E-state index in [-0.39, 0.29) is 12.0 Å². The normalized spacial score (nSPS) is 26.2. The molecule has 2 rings (SSSR count). The van der Waals surface area contributed by atoms with Crippen molar-refractivity contribution in [2.45, 2.75) is 32.2 Å². The summed E-state index contributed by atoms with van der Waals surface area (Å²) in [6.07, 6.45) is 0.920. The highest BCUT2D eigenvalue weighted by atomic mass is 16.5. The van der Waals surface area contributed by atoms with Crippen molar-refractivity contribution >= 4 is 0 Å². The molecule has 3 atom stereocenters. The van der Waals surface area contributed by atoms with Gasteiger partial charge in [0.2, 0.25) is 5.89 Å². The second-order valence-corrected chi connectivity index (χ2v) is 4.70. The second-order valence-electron chi connectivity index (χ2n) is 4.70. The lowest BCUT2D eigenvalue weighted by Crippen LogP contribution is -2.24. The molecule has 1 aromatic rings. The average molecular weight is 255 g/mol. The number of nitrogens with two attached hydrogens (primary N) is 1. The largest absolute Gasteiger partial charge is 0.381 e. The maximum absolute atomic E-state index is 5.92. The minimum Gasteiger partial charge on any atom is -0.381 e. The Morgan fingerprint density at radius 3 is 3.11 bits per heavy atom. The van der Waals surface area contributed by atoms with Crippen molar-refractivity contribution < 1.29 is 14.0 Å². The molecule has 0 bridgehead atoms.